The van der Waals surface area contributed by atoms with Crippen LogP contribution in [-0.4, -0.2) is 23.0 Å². The van der Waals surface area contributed by atoms with Crippen LogP contribution in [-0.2, 0) is 19.1 Å². The molecular formula is C12H9F2NO5. The number of esters is 2. The van der Waals surface area contributed by atoms with Crippen molar-refractivity contribution in [3.05, 3.63) is 41.6 Å². The molecule has 0 aliphatic rings. The van der Waals surface area contributed by atoms with E-state index in [1.165, 1.54) is 0 Å². The van der Waals surface area contributed by atoms with Crippen molar-refractivity contribution in [2.45, 2.75) is 6.92 Å². The molecule has 0 atom stereocenters. The fourth-order valence-corrected chi connectivity index (χ4v) is 1.15. The highest BCUT2D eigenvalue weighted by molar-refractivity contribution is 6.15. The minimum absolute atomic E-state index is 0.249. The Kier molecular flexibility index (Phi) is 4.90. The lowest BCUT2D eigenvalue weighted by molar-refractivity contribution is -0.156. The Morgan fingerprint density at radius 3 is 2.45 bits per heavy atom. The van der Waals surface area contributed by atoms with E-state index in [1.54, 1.807) is 0 Å². The summed E-state index contributed by atoms with van der Waals surface area (Å²) in [5.41, 5.74) is -1.16. The third kappa shape index (κ3) is 4.16. The molecule has 6 nitrogen and oxygen atoms in total. The smallest absolute Gasteiger partial charge is 0.354 e. The van der Waals surface area contributed by atoms with Crippen molar-refractivity contribution >= 4 is 23.6 Å². The van der Waals surface area contributed by atoms with Crippen LogP contribution in [0, 0.1) is 11.6 Å². The second kappa shape index (κ2) is 6.41. The standard InChI is InChI=1S/C12H9F2NO5/c1-6(16)20-12(19)8(11(17)18)5-15-10-3-2-7(13)4-9(10)14/h2-5,15H,1H3,(H,17,18). The van der Waals surface area contributed by atoms with E-state index in [0.717, 1.165) is 19.1 Å². The zero-order valence-corrected chi connectivity index (χ0v) is 10.1. The van der Waals surface area contributed by atoms with Crippen LogP contribution in [0.3, 0.4) is 0 Å². The molecule has 0 fully saturated rings. The van der Waals surface area contributed by atoms with Crippen LogP contribution in [0.15, 0.2) is 30.0 Å². The van der Waals surface area contributed by atoms with Gasteiger partial charge in [-0.15, -0.1) is 0 Å². The second-order valence-electron chi connectivity index (χ2n) is 3.51. The van der Waals surface area contributed by atoms with E-state index < -0.39 is 35.1 Å². The predicted octanol–water partition coefficient (Wildman–Crippen LogP) is 1.43. The maximum atomic E-state index is 13.3. The molecule has 0 heterocycles. The predicted molar refractivity (Wildman–Crippen MR) is 62.5 cm³/mol. The second-order valence-corrected chi connectivity index (χ2v) is 3.51. The first kappa shape index (κ1) is 15.3. The highest BCUT2D eigenvalue weighted by atomic mass is 19.1. The van der Waals surface area contributed by atoms with Crippen LogP contribution in [0.2, 0.25) is 0 Å². The minimum Gasteiger partial charge on any atom is -0.477 e. The zero-order valence-electron chi connectivity index (χ0n) is 10.1. The number of halogens is 2. The molecule has 2 N–H and O–H groups in total. The van der Waals surface area contributed by atoms with E-state index in [9.17, 15) is 23.2 Å². The third-order valence-corrected chi connectivity index (χ3v) is 1.99. The van der Waals surface area contributed by atoms with Crippen molar-refractivity contribution in [2.75, 3.05) is 5.32 Å². The summed E-state index contributed by atoms with van der Waals surface area (Å²) in [6.45, 7) is 0.921. The van der Waals surface area contributed by atoms with Crippen molar-refractivity contribution in [3.8, 4) is 0 Å². The van der Waals surface area contributed by atoms with Gasteiger partial charge in [-0.25, -0.2) is 18.4 Å². The molecule has 106 valence electrons. The van der Waals surface area contributed by atoms with Gasteiger partial charge in [0.25, 0.3) is 0 Å². The molecule has 0 aliphatic heterocycles. The van der Waals surface area contributed by atoms with Crippen molar-refractivity contribution in [2.24, 2.45) is 0 Å². The Hall–Kier alpha value is -2.77. The number of nitrogens with one attached hydrogen (secondary N) is 1. The Morgan fingerprint density at radius 2 is 1.95 bits per heavy atom. The summed E-state index contributed by atoms with van der Waals surface area (Å²) in [5, 5.41) is 11.0. The monoisotopic (exact) mass is 285 g/mol. The summed E-state index contributed by atoms with van der Waals surface area (Å²) in [5.74, 6) is -5.86. The minimum atomic E-state index is -1.67. The van der Waals surface area contributed by atoms with Crippen LogP contribution in [0.25, 0.3) is 0 Å². The van der Waals surface area contributed by atoms with Crippen LogP contribution >= 0.6 is 0 Å². The number of ether oxygens (including phenoxy) is 1. The van der Waals surface area contributed by atoms with Crippen LogP contribution < -0.4 is 5.32 Å². The van der Waals surface area contributed by atoms with Gasteiger partial charge >= 0.3 is 17.9 Å². The maximum absolute atomic E-state index is 13.3. The van der Waals surface area contributed by atoms with E-state index >= 15 is 0 Å². The van der Waals surface area contributed by atoms with Gasteiger partial charge in [-0.1, -0.05) is 0 Å². The van der Waals surface area contributed by atoms with Crippen LogP contribution in [0.5, 0.6) is 0 Å². The summed E-state index contributed by atoms with van der Waals surface area (Å²) in [7, 11) is 0. The molecule has 1 rings (SSSR count). The molecule has 0 amide bonds. The summed E-state index contributed by atoms with van der Waals surface area (Å²) in [4.78, 5) is 32.6. The Bertz CT molecular complexity index is 598. The summed E-state index contributed by atoms with van der Waals surface area (Å²) in [6.07, 6.45) is 0.643. The molecule has 0 bridgehead atoms. The molecule has 1 aromatic rings. The topological polar surface area (TPSA) is 92.7 Å². The average Bonchev–Trinajstić information content (AvgIpc) is 2.30. The fourth-order valence-electron chi connectivity index (χ4n) is 1.15. The van der Waals surface area contributed by atoms with Crippen molar-refractivity contribution in [1.82, 2.24) is 0 Å². The number of aliphatic carboxylic acids is 1. The highest BCUT2D eigenvalue weighted by Gasteiger charge is 2.20. The lowest BCUT2D eigenvalue weighted by Gasteiger charge is -2.05. The maximum Gasteiger partial charge on any atom is 0.354 e. The Morgan fingerprint density at radius 1 is 1.30 bits per heavy atom. The van der Waals surface area contributed by atoms with Gasteiger partial charge in [0.2, 0.25) is 0 Å². The van der Waals surface area contributed by atoms with E-state index in [0.29, 0.717) is 12.3 Å². The van der Waals surface area contributed by atoms with Gasteiger partial charge in [0.05, 0.1) is 5.69 Å². The van der Waals surface area contributed by atoms with E-state index in [2.05, 4.69) is 10.1 Å². The molecule has 0 unspecified atom stereocenters. The number of carboxylic acid groups (broad SMARTS) is 1. The third-order valence-electron chi connectivity index (χ3n) is 1.99. The zero-order chi connectivity index (χ0) is 15.3. The SMILES string of the molecule is CC(=O)OC(=O)C(=CNc1ccc(F)cc1F)C(=O)O. The number of anilines is 1. The van der Waals surface area contributed by atoms with Gasteiger partial charge in [-0.3, -0.25) is 4.79 Å². The number of benzene rings is 1. The number of carbonyl (C=O) groups excluding carboxylic acids is 2. The molecule has 20 heavy (non-hydrogen) atoms. The average molecular weight is 285 g/mol. The first-order chi connectivity index (χ1) is 9.31. The number of carboxylic acids is 1. The van der Waals surface area contributed by atoms with Crippen LogP contribution in [0.4, 0.5) is 14.5 Å². The Labute approximate surface area is 111 Å². The molecule has 0 saturated heterocycles. The molecule has 8 heteroatoms. The molecule has 1 aromatic carbocycles. The van der Waals surface area contributed by atoms with Gasteiger partial charge in [-0.2, -0.15) is 0 Å². The number of carbonyl (C=O) groups is 3. The van der Waals surface area contributed by atoms with Crippen molar-refractivity contribution in [3.63, 3.8) is 0 Å². The summed E-state index contributed by atoms with van der Waals surface area (Å²) < 4.78 is 30.0. The van der Waals surface area contributed by atoms with E-state index in [-0.39, 0.29) is 5.69 Å². The van der Waals surface area contributed by atoms with Crippen molar-refractivity contribution in [1.29, 1.82) is 0 Å². The fraction of sp³-hybridized carbons (Fsp3) is 0.0833. The summed E-state index contributed by atoms with van der Waals surface area (Å²) >= 11 is 0. The molecule has 0 spiro atoms. The van der Waals surface area contributed by atoms with Gasteiger partial charge < -0.3 is 15.2 Å². The molecule has 0 aromatic heterocycles. The van der Waals surface area contributed by atoms with Gasteiger partial charge in [0, 0.05) is 19.2 Å². The highest BCUT2D eigenvalue weighted by Crippen LogP contribution is 2.15. The molecule has 0 radical (unpaired) electrons. The molecular weight excluding hydrogens is 276 g/mol. The lowest BCUT2D eigenvalue weighted by atomic mass is 10.2. The largest absolute Gasteiger partial charge is 0.477 e. The van der Waals surface area contributed by atoms with Gasteiger partial charge in [0.15, 0.2) is 5.57 Å². The number of rotatable bonds is 4. The first-order valence-electron chi connectivity index (χ1n) is 5.19. The molecule has 0 saturated carbocycles. The van der Waals surface area contributed by atoms with E-state index in [1.807, 2.05) is 0 Å². The molecule has 0 aliphatic carbocycles. The quantitative estimate of drug-likeness (QED) is 0.376. The number of hydrogen-bond acceptors (Lipinski definition) is 5. The van der Waals surface area contributed by atoms with E-state index in [4.69, 9.17) is 5.11 Å². The van der Waals surface area contributed by atoms with Crippen molar-refractivity contribution < 1.29 is 33.0 Å². The summed E-state index contributed by atoms with van der Waals surface area (Å²) in [6, 6.07) is 2.52. The van der Waals surface area contributed by atoms with Gasteiger partial charge in [0.1, 0.15) is 11.6 Å². The van der Waals surface area contributed by atoms with Gasteiger partial charge in [-0.05, 0) is 12.1 Å². The number of hydrogen-bond donors (Lipinski definition) is 2. The normalized spacial score (nSPS) is 10.8. The first-order valence-corrected chi connectivity index (χ1v) is 5.19. The Balaban J connectivity index is 2.95. The lowest BCUT2D eigenvalue weighted by Crippen LogP contribution is -2.18. The van der Waals surface area contributed by atoms with Crippen LogP contribution in [0.1, 0.15) is 6.92 Å².